The lowest BCUT2D eigenvalue weighted by atomic mass is 9.68. The van der Waals surface area contributed by atoms with Crippen LogP contribution in [0.3, 0.4) is 0 Å². The minimum Gasteiger partial charge on any atom is -0.389 e. The zero-order valence-electron chi connectivity index (χ0n) is 10.7. The third kappa shape index (κ3) is 2.04. The molecule has 2 aliphatic rings. The Morgan fingerprint density at radius 2 is 2.33 bits per heavy atom. The van der Waals surface area contributed by atoms with Gasteiger partial charge in [0.15, 0.2) is 5.78 Å². The van der Waals surface area contributed by atoms with Gasteiger partial charge in [-0.05, 0) is 54.2 Å². The van der Waals surface area contributed by atoms with E-state index in [9.17, 15) is 9.90 Å². The Morgan fingerprint density at radius 1 is 1.56 bits per heavy atom. The molecule has 0 aliphatic heterocycles. The van der Waals surface area contributed by atoms with Gasteiger partial charge in [0.05, 0.1) is 6.10 Å². The lowest BCUT2D eigenvalue weighted by molar-refractivity contribution is -0.117. The standard InChI is InChI=1S/C13H19N3O2/c1-2-13-6-3-10(17)9(5-8-15-16-14)12(13)11(18)4-7-13/h11,18H,2-8H2,1H3/t11-,13+/m1/s1. The molecular weight excluding hydrogens is 230 g/mol. The van der Waals surface area contributed by atoms with Crippen molar-refractivity contribution in [1.29, 1.82) is 0 Å². The van der Waals surface area contributed by atoms with Gasteiger partial charge in [0.25, 0.3) is 0 Å². The first-order chi connectivity index (χ1) is 8.64. The minimum atomic E-state index is -0.477. The SMILES string of the molecule is CC[C@@]12CCC(=O)C(CCN=[N+]=[N-])=C1[C@H](O)CC2. The third-order valence-electron chi connectivity index (χ3n) is 4.50. The van der Waals surface area contributed by atoms with E-state index in [4.69, 9.17) is 5.53 Å². The number of hydrogen-bond donors (Lipinski definition) is 1. The molecule has 98 valence electrons. The number of Topliss-reactive ketones (excluding diaryl/α,β-unsaturated/α-hetero) is 1. The van der Waals surface area contributed by atoms with E-state index in [1.807, 2.05) is 0 Å². The zero-order chi connectivity index (χ0) is 13.2. The van der Waals surface area contributed by atoms with Gasteiger partial charge >= 0.3 is 0 Å². The molecule has 2 aliphatic carbocycles. The Labute approximate surface area is 107 Å². The number of hydrogen-bond acceptors (Lipinski definition) is 3. The van der Waals surface area contributed by atoms with Gasteiger partial charge in [0.1, 0.15) is 0 Å². The fourth-order valence-corrected chi connectivity index (χ4v) is 3.50. The maximum atomic E-state index is 12.0. The van der Waals surface area contributed by atoms with E-state index in [2.05, 4.69) is 16.9 Å². The number of ketones is 1. The molecular formula is C13H19N3O2. The van der Waals surface area contributed by atoms with E-state index in [-0.39, 0.29) is 11.2 Å². The van der Waals surface area contributed by atoms with E-state index in [0.717, 1.165) is 36.8 Å². The monoisotopic (exact) mass is 249 g/mol. The molecule has 5 heteroatoms. The molecule has 0 unspecified atom stereocenters. The predicted octanol–water partition coefficient (Wildman–Crippen LogP) is 2.90. The molecule has 1 fully saturated rings. The first-order valence-electron chi connectivity index (χ1n) is 6.60. The second-order valence-electron chi connectivity index (χ2n) is 5.21. The van der Waals surface area contributed by atoms with Crippen LogP contribution in [0.25, 0.3) is 10.4 Å². The predicted molar refractivity (Wildman–Crippen MR) is 67.9 cm³/mol. The molecule has 0 aromatic carbocycles. The highest BCUT2D eigenvalue weighted by molar-refractivity contribution is 5.97. The van der Waals surface area contributed by atoms with Crippen molar-refractivity contribution < 1.29 is 9.90 Å². The Hall–Kier alpha value is -1.32. The summed E-state index contributed by atoms with van der Waals surface area (Å²) in [6.45, 7) is 2.42. The summed E-state index contributed by atoms with van der Waals surface area (Å²) in [7, 11) is 0. The molecule has 0 radical (unpaired) electrons. The second kappa shape index (κ2) is 5.12. The van der Waals surface area contributed by atoms with Crippen molar-refractivity contribution in [2.45, 2.75) is 51.6 Å². The van der Waals surface area contributed by atoms with Crippen molar-refractivity contribution in [3.05, 3.63) is 21.6 Å². The van der Waals surface area contributed by atoms with Crippen molar-refractivity contribution in [1.82, 2.24) is 0 Å². The summed E-state index contributed by atoms with van der Waals surface area (Å²) in [5.74, 6) is 0.128. The molecule has 0 aromatic rings. The van der Waals surface area contributed by atoms with Crippen LogP contribution in [0.5, 0.6) is 0 Å². The molecule has 0 saturated heterocycles. The van der Waals surface area contributed by atoms with Gasteiger partial charge in [0.2, 0.25) is 0 Å². The zero-order valence-corrected chi connectivity index (χ0v) is 10.7. The van der Waals surface area contributed by atoms with Crippen molar-refractivity contribution in [3.8, 4) is 0 Å². The summed E-state index contributed by atoms with van der Waals surface area (Å²) >= 11 is 0. The van der Waals surface area contributed by atoms with E-state index in [1.54, 1.807) is 0 Å². The van der Waals surface area contributed by atoms with E-state index >= 15 is 0 Å². The summed E-state index contributed by atoms with van der Waals surface area (Å²) < 4.78 is 0. The lowest BCUT2D eigenvalue weighted by Gasteiger charge is -2.36. The Morgan fingerprint density at radius 3 is 3.00 bits per heavy atom. The lowest BCUT2D eigenvalue weighted by Crippen LogP contribution is -2.30. The van der Waals surface area contributed by atoms with Gasteiger partial charge in [-0.15, -0.1) is 0 Å². The van der Waals surface area contributed by atoms with E-state index in [1.165, 1.54) is 0 Å². The van der Waals surface area contributed by atoms with Crippen molar-refractivity contribution in [3.63, 3.8) is 0 Å². The maximum Gasteiger partial charge on any atom is 0.158 e. The Bertz CT molecular complexity index is 438. The normalized spacial score (nSPS) is 31.2. The van der Waals surface area contributed by atoms with Crippen LogP contribution < -0.4 is 0 Å². The van der Waals surface area contributed by atoms with Crippen LogP contribution in [-0.4, -0.2) is 23.5 Å². The molecule has 0 bridgehead atoms. The maximum absolute atomic E-state index is 12.0. The third-order valence-corrected chi connectivity index (χ3v) is 4.50. The van der Waals surface area contributed by atoms with Crippen LogP contribution in [0.15, 0.2) is 16.3 Å². The van der Waals surface area contributed by atoms with Gasteiger partial charge in [-0.1, -0.05) is 12.0 Å². The molecule has 2 atom stereocenters. The van der Waals surface area contributed by atoms with Gasteiger partial charge in [0, 0.05) is 17.9 Å². The number of fused-ring (bicyclic) bond motifs is 1. The number of aliphatic hydroxyl groups is 1. The van der Waals surface area contributed by atoms with Gasteiger partial charge in [-0.25, -0.2) is 0 Å². The molecule has 18 heavy (non-hydrogen) atoms. The second-order valence-corrected chi connectivity index (χ2v) is 5.21. The summed E-state index contributed by atoms with van der Waals surface area (Å²) in [6, 6.07) is 0. The van der Waals surface area contributed by atoms with Gasteiger partial charge in [-0.3, -0.25) is 4.79 Å². The molecule has 0 spiro atoms. The average molecular weight is 249 g/mol. The minimum absolute atomic E-state index is 0.0268. The van der Waals surface area contributed by atoms with Gasteiger partial charge < -0.3 is 5.11 Å². The first kappa shape index (κ1) is 13.1. The molecule has 2 rings (SSSR count). The fourth-order valence-electron chi connectivity index (χ4n) is 3.50. The van der Waals surface area contributed by atoms with Crippen LogP contribution >= 0.6 is 0 Å². The average Bonchev–Trinajstić information content (AvgIpc) is 2.71. The van der Waals surface area contributed by atoms with Crippen molar-refractivity contribution in [2.75, 3.05) is 6.54 Å². The number of azide groups is 1. The van der Waals surface area contributed by atoms with E-state index in [0.29, 0.717) is 19.4 Å². The van der Waals surface area contributed by atoms with Crippen LogP contribution in [0, 0.1) is 5.41 Å². The highest BCUT2D eigenvalue weighted by Crippen LogP contribution is 2.53. The molecule has 1 N–H and O–H groups in total. The molecule has 5 nitrogen and oxygen atoms in total. The van der Waals surface area contributed by atoms with Crippen molar-refractivity contribution >= 4 is 5.78 Å². The van der Waals surface area contributed by atoms with Crippen molar-refractivity contribution in [2.24, 2.45) is 10.5 Å². The van der Waals surface area contributed by atoms with Crippen LogP contribution in [-0.2, 0) is 4.79 Å². The summed E-state index contributed by atoms with van der Waals surface area (Å²) in [5, 5.41) is 13.7. The van der Waals surface area contributed by atoms with Crippen LogP contribution in [0.1, 0.15) is 45.4 Å². The summed E-state index contributed by atoms with van der Waals surface area (Å²) in [5.41, 5.74) is 10.0. The Kier molecular flexibility index (Phi) is 3.73. The molecule has 0 aromatic heterocycles. The van der Waals surface area contributed by atoms with E-state index < -0.39 is 6.10 Å². The largest absolute Gasteiger partial charge is 0.389 e. The highest BCUT2D eigenvalue weighted by Gasteiger charge is 2.46. The number of carbonyl (C=O) groups is 1. The number of nitrogens with zero attached hydrogens (tertiary/aromatic N) is 3. The number of rotatable bonds is 4. The summed E-state index contributed by atoms with van der Waals surface area (Å²) in [4.78, 5) is 14.7. The smallest absolute Gasteiger partial charge is 0.158 e. The number of carbonyl (C=O) groups excluding carboxylic acids is 1. The van der Waals surface area contributed by atoms with Crippen LogP contribution in [0.4, 0.5) is 0 Å². The Balaban J connectivity index is 2.37. The topological polar surface area (TPSA) is 86.1 Å². The van der Waals surface area contributed by atoms with Crippen LogP contribution in [0.2, 0.25) is 0 Å². The quantitative estimate of drug-likeness (QED) is 0.472. The number of aliphatic hydroxyl groups excluding tert-OH is 1. The molecule has 0 amide bonds. The van der Waals surface area contributed by atoms with Gasteiger partial charge in [-0.2, -0.15) is 0 Å². The summed E-state index contributed by atoms with van der Waals surface area (Å²) in [6.07, 6.45) is 4.11. The molecule has 0 heterocycles. The molecule has 1 saturated carbocycles. The highest BCUT2D eigenvalue weighted by atomic mass is 16.3. The first-order valence-corrected chi connectivity index (χ1v) is 6.60. The fraction of sp³-hybridized carbons (Fsp3) is 0.769.